The molecule has 0 radical (unpaired) electrons. The summed E-state index contributed by atoms with van der Waals surface area (Å²) in [5.74, 6) is 0.440. The van der Waals surface area contributed by atoms with Crippen molar-refractivity contribution in [1.82, 2.24) is 4.57 Å². The Balaban J connectivity index is 0. The van der Waals surface area contributed by atoms with Gasteiger partial charge in [-0.2, -0.15) is 5.38 Å². The molecule has 0 fully saturated rings. The number of carbonyl (C=O) groups is 1. The predicted molar refractivity (Wildman–Crippen MR) is 115 cm³/mol. The van der Waals surface area contributed by atoms with Crippen LogP contribution in [0.25, 0.3) is 0 Å². The number of rotatable bonds is 7. The maximum absolute atomic E-state index is 12.1. The van der Waals surface area contributed by atoms with E-state index < -0.39 is 0 Å². The summed E-state index contributed by atoms with van der Waals surface area (Å²) < 4.78 is 7.33. The molecule has 0 atom stereocenters. The van der Waals surface area contributed by atoms with E-state index in [-0.39, 0.29) is 66.7 Å². The first-order valence-corrected chi connectivity index (χ1v) is 10.1. The van der Waals surface area contributed by atoms with Crippen molar-refractivity contribution in [2.24, 2.45) is 18.0 Å². The van der Waals surface area contributed by atoms with E-state index in [0.29, 0.717) is 12.5 Å². The third-order valence-corrected chi connectivity index (χ3v) is 4.76. The van der Waals surface area contributed by atoms with Gasteiger partial charge in [0.2, 0.25) is 0 Å². The van der Waals surface area contributed by atoms with Crippen LogP contribution in [0.15, 0.2) is 29.3 Å². The number of esters is 1. The number of hydrogen-bond donors (Lipinski definition) is 0. The minimum atomic E-state index is -0.195. The largest absolute Gasteiger partial charge is 0.465 e. The van der Waals surface area contributed by atoms with Crippen LogP contribution < -0.4 is 4.80 Å². The topological polar surface area (TPSA) is 43.6 Å². The molecule has 0 spiro atoms. The Bertz CT molecular complexity index is 751. The van der Waals surface area contributed by atoms with Crippen molar-refractivity contribution in [3.63, 3.8) is 0 Å². The van der Waals surface area contributed by atoms with Gasteiger partial charge in [0.25, 0.3) is 0 Å². The molecule has 2 rings (SSSR count). The SMILES string of the molecule is C.CC.Cc1[c-]sc(=Nc2ccccc2CC(=O)OCCCC(C)C)n1C.[Yb]. The standard InChI is InChI=1S/C19H25N2O2S.C2H6.CH4.Yb/c1-14(2)8-7-11-23-18(22)12-16-9-5-6-10-17(16)20-19-21(4)15(3)13-24-19;1-2;;/h5-6,9-10,14H,7-8,11-12H2,1-4H3;1-2H3;1H4;/q-1;;;. The van der Waals surface area contributed by atoms with Crippen LogP contribution in [0.5, 0.6) is 0 Å². The van der Waals surface area contributed by atoms with Crippen molar-refractivity contribution in [3.8, 4) is 0 Å². The Morgan fingerprint density at radius 2 is 1.93 bits per heavy atom. The minimum Gasteiger partial charge on any atom is -0.465 e. The summed E-state index contributed by atoms with van der Waals surface area (Å²) in [6, 6.07) is 7.71. The van der Waals surface area contributed by atoms with Gasteiger partial charge in [-0.05, 0) is 44.4 Å². The molecule has 1 aromatic carbocycles. The fourth-order valence-corrected chi connectivity index (χ4v) is 3.05. The van der Waals surface area contributed by atoms with Gasteiger partial charge in [-0.1, -0.05) is 59.0 Å². The summed E-state index contributed by atoms with van der Waals surface area (Å²) in [6.45, 7) is 10.8. The average molecular weight is 565 g/mol. The molecular weight excluding hydrogens is 529 g/mol. The number of thiazole rings is 1. The molecule has 0 saturated carbocycles. The molecule has 0 bridgehead atoms. The molecule has 0 amide bonds. The minimum absolute atomic E-state index is 0. The molecule has 0 aliphatic carbocycles. The Labute approximate surface area is 213 Å². The van der Waals surface area contributed by atoms with Crippen molar-refractivity contribution in [2.45, 2.75) is 61.3 Å². The molecule has 0 N–H and O–H groups in total. The fraction of sp³-hybridized carbons (Fsp3) is 0.545. The zero-order chi connectivity index (χ0) is 19.5. The molecule has 166 valence electrons. The van der Waals surface area contributed by atoms with E-state index in [1.807, 2.05) is 56.7 Å². The van der Waals surface area contributed by atoms with E-state index >= 15 is 0 Å². The van der Waals surface area contributed by atoms with Crippen LogP contribution in [-0.4, -0.2) is 17.1 Å². The number of nitrogens with zero attached hydrogens (tertiary/aromatic N) is 2. The first-order chi connectivity index (χ1) is 12.5. The Kier molecular flexibility index (Phi) is 17.5. The van der Waals surface area contributed by atoms with Gasteiger partial charge in [-0.25, -0.2) is 0 Å². The van der Waals surface area contributed by atoms with Crippen molar-refractivity contribution in [1.29, 1.82) is 0 Å². The molecular formula is C22H35N2O2SYb-. The Hall–Kier alpha value is -0.361. The van der Waals surface area contributed by atoms with Gasteiger partial charge in [0.1, 0.15) is 0 Å². The van der Waals surface area contributed by atoms with Gasteiger partial charge in [0.15, 0.2) is 0 Å². The number of hydrogen-bond acceptors (Lipinski definition) is 4. The molecule has 1 aromatic heterocycles. The number of carbonyl (C=O) groups excluding carboxylic acids is 1. The maximum atomic E-state index is 12.1. The molecule has 1 heterocycles. The number of benzene rings is 1. The summed E-state index contributed by atoms with van der Waals surface area (Å²) in [4.78, 5) is 17.6. The smallest absolute Gasteiger partial charge is 0.310 e. The molecule has 4 nitrogen and oxygen atoms in total. The normalized spacial score (nSPS) is 10.5. The van der Waals surface area contributed by atoms with E-state index in [4.69, 9.17) is 4.74 Å². The van der Waals surface area contributed by atoms with Crippen LogP contribution in [0.2, 0.25) is 0 Å². The van der Waals surface area contributed by atoms with Crippen LogP contribution in [0, 0.1) is 65.1 Å². The first-order valence-electron chi connectivity index (χ1n) is 9.29. The number of para-hydroxylation sites is 1. The van der Waals surface area contributed by atoms with E-state index in [2.05, 4.69) is 24.2 Å². The number of aromatic nitrogens is 1. The van der Waals surface area contributed by atoms with Crippen LogP contribution in [-0.2, 0) is 23.0 Å². The molecule has 6 heteroatoms. The Morgan fingerprint density at radius 3 is 2.50 bits per heavy atom. The zero-order valence-corrected chi connectivity index (χ0v) is 19.6. The van der Waals surface area contributed by atoms with Crippen LogP contribution in [0.3, 0.4) is 0 Å². The third kappa shape index (κ3) is 10.4. The van der Waals surface area contributed by atoms with Crippen molar-refractivity contribution in [3.05, 3.63) is 45.7 Å². The van der Waals surface area contributed by atoms with Gasteiger partial charge in [-0.15, -0.1) is 0 Å². The quantitative estimate of drug-likeness (QED) is 0.249. The Morgan fingerprint density at radius 1 is 1.29 bits per heavy atom. The van der Waals surface area contributed by atoms with Crippen LogP contribution in [0.4, 0.5) is 5.69 Å². The summed E-state index contributed by atoms with van der Waals surface area (Å²) in [5.41, 5.74) is 2.74. The van der Waals surface area contributed by atoms with Crippen LogP contribution in [0.1, 0.15) is 59.2 Å². The second kappa shape index (κ2) is 16.4. The zero-order valence-electron chi connectivity index (χ0n) is 17.1. The van der Waals surface area contributed by atoms with Gasteiger partial charge in [0.05, 0.1) is 13.0 Å². The second-order valence-electron chi connectivity index (χ2n) is 6.30. The van der Waals surface area contributed by atoms with Gasteiger partial charge in [0, 0.05) is 57.4 Å². The predicted octanol–water partition coefficient (Wildman–Crippen LogP) is 5.61. The molecule has 0 aliphatic rings. The monoisotopic (exact) mass is 565 g/mol. The van der Waals surface area contributed by atoms with Gasteiger partial charge in [-0.3, -0.25) is 4.79 Å². The second-order valence-corrected chi connectivity index (χ2v) is 7.08. The van der Waals surface area contributed by atoms with Crippen LogP contribution >= 0.6 is 11.3 Å². The summed E-state index contributed by atoms with van der Waals surface area (Å²) in [5, 5.41) is 3.18. The summed E-state index contributed by atoms with van der Waals surface area (Å²) in [7, 11) is 1.97. The van der Waals surface area contributed by atoms with E-state index in [1.54, 1.807) is 0 Å². The van der Waals surface area contributed by atoms with Gasteiger partial charge < -0.3 is 25.6 Å². The maximum Gasteiger partial charge on any atom is 0.310 e. The number of ether oxygens (including phenoxy) is 1. The molecule has 2 aromatic rings. The summed E-state index contributed by atoms with van der Waals surface area (Å²) in [6.07, 6.45) is 2.23. The van der Waals surface area contributed by atoms with E-state index in [9.17, 15) is 4.79 Å². The van der Waals surface area contributed by atoms with Crippen molar-refractivity contribution >= 4 is 23.0 Å². The van der Waals surface area contributed by atoms with E-state index in [0.717, 1.165) is 34.6 Å². The third-order valence-electron chi connectivity index (χ3n) is 3.81. The molecule has 28 heavy (non-hydrogen) atoms. The average Bonchev–Trinajstić information content (AvgIpc) is 2.94. The first kappa shape index (κ1) is 29.8. The van der Waals surface area contributed by atoms with E-state index in [1.165, 1.54) is 11.3 Å². The fourth-order valence-electron chi connectivity index (χ4n) is 2.25. The summed E-state index contributed by atoms with van der Waals surface area (Å²) >= 11 is 1.47. The van der Waals surface area contributed by atoms with Gasteiger partial charge >= 0.3 is 5.97 Å². The molecule has 0 aliphatic heterocycles. The van der Waals surface area contributed by atoms with Crippen molar-refractivity contribution < 1.29 is 56.5 Å². The molecule has 0 saturated heterocycles. The van der Waals surface area contributed by atoms with Crippen molar-refractivity contribution in [2.75, 3.05) is 6.61 Å². The number of aryl methyl sites for hydroxylation is 1. The molecule has 0 unspecified atom stereocenters.